The molecule has 8 heteroatoms. The molecular weight excluding hydrogens is 350 g/mol. The first kappa shape index (κ1) is 16.9. The molecule has 1 rings (SSSR count). The van der Waals surface area contributed by atoms with Gasteiger partial charge in [-0.05, 0) is 41.1 Å². The van der Waals surface area contributed by atoms with Crippen LogP contribution in [0.25, 0.3) is 0 Å². The van der Waals surface area contributed by atoms with Crippen molar-refractivity contribution in [2.45, 2.75) is 18.2 Å². The minimum atomic E-state index is -3.70. The number of rotatable bonds is 7. The summed E-state index contributed by atoms with van der Waals surface area (Å²) in [5.74, 6) is -0.487. The maximum atomic E-state index is 12.2. The molecule has 0 unspecified atom stereocenters. The molecule has 0 aromatic heterocycles. The monoisotopic (exact) mass is 365 g/mol. The van der Waals surface area contributed by atoms with Crippen LogP contribution in [-0.2, 0) is 14.8 Å². The van der Waals surface area contributed by atoms with E-state index in [1.54, 1.807) is 6.07 Å². The summed E-state index contributed by atoms with van der Waals surface area (Å²) in [6.45, 7) is 2.22. The van der Waals surface area contributed by atoms with Crippen LogP contribution in [0.5, 0.6) is 5.75 Å². The molecule has 1 aromatic rings. The topological polar surface area (TPSA) is 83.9 Å². The zero-order chi connectivity index (χ0) is 15.3. The second-order valence-corrected chi connectivity index (χ2v) is 6.89. The molecule has 0 aliphatic rings. The summed E-state index contributed by atoms with van der Waals surface area (Å²) in [5, 5.41) is 8.59. The van der Waals surface area contributed by atoms with Crippen molar-refractivity contribution in [2.75, 3.05) is 20.2 Å². The molecule has 0 saturated carbocycles. The van der Waals surface area contributed by atoms with E-state index < -0.39 is 16.0 Å². The molecule has 0 spiro atoms. The highest BCUT2D eigenvalue weighted by Gasteiger charge is 2.22. The van der Waals surface area contributed by atoms with Gasteiger partial charge in [0.2, 0.25) is 10.0 Å². The molecule has 112 valence electrons. The van der Waals surface area contributed by atoms with Gasteiger partial charge in [-0.3, -0.25) is 4.79 Å². The number of sulfonamides is 1. The smallest absolute Gasteiger partial charge is 0.304 e. The Kier molecular flexibility index (Phi) is 5.97. The maximum Gasteiger partial charge on any atom is 0.304 e. The average molecular weight is 366 g/mol. The zero-order valence-electron chi connectivity index (χ0n) is 11.2. The van der Waals surface area contributed by atoms with Crippen molar-refractivity contribution in [1.29, 1.82) is 0 Å². The van der Waals surface area contributed by atoms with Crippen molar-refractivity contribution in [3.63, 3.8) is 0 Å². The highest BCUT2D eigenvalue weighted by molar-refractivity contribution is 9.10. The summed E-state index contributed by atoms with van der Waals surface area (Å²) in [5.41, 5.74) is 0. The van der Waals surface area contributed by atoms with Crippen LogP contribution in [0.1, 0.15) is 13.3 Å². The van der Waals surface area contributed by atoms with Crippen LogP contribution >= 0.6 is 15.9 Å². The largest absolute Gasteiger partial charge is 0.493 e. The van der Waals surface area contributed by atoms with Gasteiger partial charge in [-0.2, -0.15) is 0 Å². The minimum absolute atomic E-state index is 0.0809. The van der Waals surface area contributed by atoms with E-state index in [9.17, 15) is 13.2 Å². The molecule has 0 aliphatic carbocycles. The fourth-order valence-electron chi connectivity index (χ4n) is 1.47. The SMILES string of the molecule is CCOc1ccc(S(=O)(=O)N(C)CCC(=O)O)cc1Br. The molecule has 0 aliphatic heterocycles. The second-order valence-electron chi connectivity index (χ2n) is 4.00. The Balaban J connectivity index is 2.97. The number of halogens is 1. The van der Waals surface area contributed by atoms with Gasteiger partial charge >= 0.3 is 5.97 Å². The first-order valence-electron chi connectivity index (χ1n) is 5.89. The standard InChI is InChI=1S/C12H16BrNO5S/c1-3-19-11-5-4-9(8-10(11)13)20(17,18)14(2)7-6-12(15)16/h4-5,8H,3,6-7H2,1-2H3,(H,15,16). The Morgan fingerprint density at radius 3 is 2.60 bits per heavy atom. The molecule has 0 bridgehead atoms. The highest BCUT2D eigenvalue weighted by atomic mass is 79.9. The predicted octanol–water partition coefficient (Wildman–Crippen LogP) is 1.94. The Bertz CT molecular complexity index is 588. The summed E-state index contributed by atoms with van der Waals surface area (Å²) in [7, 11) is -2.35. The fraction of sp³-hybridized carbons (Fsp3) is 0.417. The van der Waals surface area contributed by atoms with Crippen molar-refractivity contribution in [3.05, 3.63) is 22.7 Å². The van der Waals surface area contributed by atoms with Crippen LogP contribution in [-0.4, -0.2) is 44.0 Å². The van der Waals surface area contributed by atoms with Crippen molar-refractivity contribution in [2.24, 2.45) is 0 Å². The lowest BCUT2D eigenvalue weighted by molar-refractivity contribution is -0.137. The minimum Gasteiger partial charge on any atom is -0.493 e. The summed E-state index contributed by atoms with van der Waals surface area (Å²) in [4.78, 5) is 10.6. The van der Waals surface area contributed by atoms with Gasteiger partial charge in [0.25, 0.3) is 0 Å². The van der Waals surface area contributed by atoms with Crippen molar-refractivity contribution < 1.29 is 23.1 Å². The van der Waals surface area contributed by atoms with Crippen LogP contribution in [0.2, 0.25) is 0 Å². The number of hydrogen-bond donors (Lipinski definition) is 1. The normalized spacial score (nSPS) is 11.6. The third kappa shape index (κ3) is 4.19. The summed E-state index contributed by atoms with van der Waals surface area (Å²) in [6.07, 6.45) is -0.242. The number of carbonyl (C=O) groups is 1. The summed E-state index contributed by atoms with van der Waals surface area (Å²) < 4.78 is 31.3. The van der Waals surface area contributed by atoms with Crippen molar-refractivity contribution in [3.8, 4) is 5.75 Å². The lowest BCUT2D eigenvalue weighted by Gasteiger charge is -2.17. The molecule has 0 atom stereocenters. The number of aliphatic carboxylic acids is 1. The molecule has 0 heterocycles. The summed E-state index contributed by atoms with van der Waals surface area (Å²) >= 11 is 3.25. The third-order valence-electron chi connectivity index (χ3n) is 2.55. The van der Waals surface area contributed by atoms with E-state index >= 15 is 0 Å². The molecular formula is C12H16BrNO5S. The number of carboxylic acid groups (broad SMARTS) is 1. The predicted molar refractivity (Wildman–Crippen MR) is 77.4 cm³/mol. The molecule has 6 nitrogen and oxygen atoms in total. The van der Waals surface area contributed by atoms with Crippen molar-refractivity contribution in [1.82, 2.24) is 4.31 Å². The number of hydrogen-bond acceptors (Lipinski definition) is 4. The number of benzene rings is 1. The Hall–Kier alpha value is -1.12. The van der Waals surface area contributed by atoms with Crippen LogP contribution in [0.3, 0.4) is 0 Å². The zero-order valence-corrected chi connectivity index (χ0v) is 13.6. The molecule has 0 radical (unpaired) electrons. The van der Waals surface area contributed by atoms with E-state index in [0.717, 1.165) is 4.31 Å². The van der Waals surface area contributed by atoms with Crippen LogP contribution in [0.15, 0.2) is 27.6 Å². The van der Waals surface area contributed by atoms with Gasteiger partial charge in [-0.25, -0.2) is 12.7 Å². The average Bonchev–Trinajstić information content (AvgIpc) is 2.38. The van der Waals surface area contributed by atoms with Gasteiger partial charge in [0.05, 0.1) is 22.4 Å². The van der Waals surface area contributed by atoms with E-state index in [4.69, 9.17) is 9.84 Å². The molecule has 1 aromatic carbocycles. The van der Waals surface area contributed by atoms with Gasteiger partial charge < -0.3 is 9.84 Å². The van der Waals surface area contributed by atoms with Crippen molar-refractivity contribution >= 4 is 31.9 Å². The lowest BCUT2D eigenvalue weighted by atomic mass is 10.3. The number of carboxylic acids is 1. The van der Waals surface area contributed by atoms with E-state index in [-0.39, 0.29) is 17.9 Å². The summed E-state index contributed by atoms with van der Waals surface area (Å²) in [6, 6.07) is 4.44. The van der Waals surface area contributed by atoms with Gasteiger partial charge in [-0.15, -0.1) is 0 Å². The Morgan fingerprint density at radius 1 is 1.45 bits per heavy atom. The van der Waals surface area contributed by atoms with Crippen LogP contribution in [0.4, 0.5) is 0 Å². The van der Waals surface area contributed by atoms with E-state index in [1.165, 1.54) is 19.2 Å². The van der Waals surface area contributed by atoms with Gasteiger partial charge in [0.15, 0.2) is 0 Å². The number of nitrogens with zero attached hydrogens (tertiary/aromatic N) is 1. The molecule has 1 N–H and O–H groups in total. The maximum absolute atomic E-state index is 12.2. The van der Waals surface area contributed by atoms with E-state index in [0.29, 0.717) is 16.8 Å². The Labute approximate surface area is 126 Å². The van der Waals surface area contributed by atoms with Gasteiger partial charge in [-0.1, -0.05) is 0 Å². The lowest BCUT2D eigenvalue weighted by Crippen LogP contribution is -2.29. The van der Waals surface area contributed by atoms with Crippen LogP contribution in [0, 0.1) is 0 Å². The van der Waals surface area contributed by atoms with E-state index in [2.05, 4.69) is 15.9 Å². The number of ether oxygens (including phenoxy) is 1. The van der Waals surface area contributed by atoms with E-state index in [1.807, 2.05) is 6.92 Å². The fourth-order valence-corrected chi connectivity index (χ4v) is 3.31. The Morgan fingerprint density at radius 2 is 2.10 bits per heavy atom. The van der Waals surface area contributed by atoms with Gasteiger partial charge in [0, 0.05) is 13.6 Å². The quantitative estimate of drug-likeness (QED) is 0.797. The molecule has 0 saturated heterocycles. The second kappa shape index (κ2) is 7.05. The highest BCUT2D eigenvalue weighted by Crippen LogP contribution is 2.28. The van der Waals surface area contributed by atoms with Gasteiger partial charge in [0.1, 0.15) is 5.75 Å². The molecule has 20 heavy (non-hydrogen) atoms. The third-order valence-corrected chi connectivity index (χ3v) is 5.02. The first-order chi connectivity index (χ1) is 9.28. The first-order valence-corrected chi connectivity index (χ1v) is 8.12. The molecule has 0 amide bonds. The molecule has 0 fully saturated rings. The van der Waals surface area contributed by atoms with Crippen LogP contribution < -0.4 is 4.74 Å².